The molecule has 0 bridgehead atoms. The number of amides is 2. The van der Waals surface area contributed by atoms with Gasteiger partial charge >= 0.3 is 0 Å². The molecule has 0 aliphatic heterocycles. The van der Waals surface area contributed by atoms with Crippen molar-refractivity contribution in [1.82, 2.24) is 10.2 Å². The van der Waals surface area contributed by atoms with Gasteiger partial charge in [0.2, 0.25) is 11.8 Å². The molecule has 0 fully saturated rings. The molecule has 1 N–H and O–H groups in total. The summed E-state index contributed by atoms with van der Waals surface area (Å²) >= 11 is 0. The number of hydrogen-bond donors (Lipinski definition) is 1. The van der Waals surface area contributed by atoms with Crippen LogP contribution in [0.5, 0.6) is 0 Å². The largest absolute Gasteiger partial charge is 0.356 e. The maximum atomic E-state index is 11.6. The van der Waals surface area contributed by atoms with E-state index in [-0.39, 0.29) is 11.8 Å². The molecular formula is C15H30N2O2. The van der Waals surface area contributed by atoms with Crippen molar-refractivity contribution in [2.75, 3.05) is 20.1 Å². The molecule has 0 aliphatic rings. The highest BCUT2D eigenvalue weighted by Crippen LogP contribution is 2.10. The Morgan fingerprint density at radius 3 is 2.26 bits per heavy atom. The normalized spacial score (nSPS) is 12.3. The average molecular weight is 270 g/mol. The first kappa shape index (κ1) is 17.9. The summed E-state index contributed by atoms with van der Waals surface area (Å²) in [5.74, 6) is 1.34. The van der Waals surface area contributed by atoms with Crippen LogP contribution in [0.2, 0.25) is 0 Å². The van der Waals surface area contributed by atoms with Crippen molar-refractivity contribution in [2.45, 2.75) is 53.4 Å². The zero-order valence-electron chi connectivity index (χ0n) is 13.2. The van der Waals surface area contributed by atoms with E-state index in [1.807, 2.05) is 7.05 Å². The van der Waals surface area contributed by atoms with E-state index in [0.29, 0.717) is 18.3 Å². The Hall–Kier alpha value is -1.06. The van der Waals surface area contributed by atoms with Gasteiger partial charge in [0.05, 0.1) is 0 Å². The van der Waals surface area contributed by atoms with Gasteiger partial charge in [-0.05, 0) is 31.1 Å². The highest BCUT2D eigenvalue weighted by Gasteiger charge is 2.09. The molecule has 2 amide bonds. The zero-order chi connectivity index (χ0) is 14.8. The number of hydrogen-bond acceptors (Lipinski definition) is 2. The van der Waals surface area contributed by atoms with Crippen LogP contribution in [0.15, 0.2) is 0 Å². The Balaban J connectivity index is 3.63. The van der Waals surface area contributed by atoms with E-state index in [0.717, 1.165) is 32.4 Å². The van der Waals surface area contributed by atoms with Crippen molar-refractivity contribution in [1.29, 1.82) is 0 Å². The molecule has 4 nitrogen and oxygen atoms in total. The molecule has 1 unspecified atom stereocenters. The van der Waals surface area contributed by atoms with Gasteiger partial charge in [-0.2, -0.15) is 0 Å². The molecular weight excluding hydrogens is 240 g/mol. The summed E-state index contributed by atoms with van der Waals surface area (Å²) in [5.41, 5.74) is 0. The second-order valence-electron chi connectivity index (χ2n) is 5.91. The van der Waals surface area contributed by atoms with Gasteiger partial charge in [-0.15, -0.1) is 0 Å². The molecule has 0 aromatic rings. The van der Waals surface area contributed by atoms with E-state index in [2.05, 4.69) is 26.1 Å². The number of nitrogens with zero attached hydrogens (tertiary/aromatic N) is 1. The third kappa shape index (κ3) is 10.5. The van der Waals surface area contributed by atoms with Crippen molar-refractivity contribution in [3.05, 3.63) is 0 Å². The van der Waals surface area contributed by atoms with Crippen LogP contribution >= 0.6 is 0 Å². The molecule has 19 heavy (non-hydrogen) atoms. The summed E-state index contributed by atoms with van der Waals surface area (Å²) in [6.07, 6.45) is 3.46. The number of carbonyl (C=O) groups is 2. The minimum Gasteiger partial charge on any atom is -0.356 e. The molecule has 0 saturated heterocycles. The van der Waals surface area contributed by atoms with E-state index in [9.17, 15) is 9.59 Å². The highest BCUT2D eigenvalue weighted by atomic mass is 16.2. The van der Waals surface area contributed by atoms with Crippen LogP contribution in [-0.4, -0.2) is 36.9 Å². The molecule has 0 heterocycles. The summed E-state index contributed by atoms with van der Waals surface area (Å²) in [4.78, 5) is 24.4. The summed E-state index contributed by atoms with van der Waals surface area (Å²) in [5, 5.41) is 2.95. The van der Waals surface area contributed by atoms with Crippen LogP contribution < -0.4 is 5.32 Å². The Morgan fingerprint density at radius 1 is 1.11 bits per heavy atom. The standard InChI is InChI=1S/C15H30N2O2/c1-12(2)8-10-16-15(19)7-6-13(3)9-11-17(5)14(4)18/h12-13H,6-11H2,1-5H3,(H,16,19). The van der Waals surface area contributed by atoms with Crippen LogP contribution in [0.4, 0.5) is 0 Å². The topological polar surface area (TPSA) is 49.4 Å². The summed E-state index contributed by atoms with van der Waals surface area (Å²) in [6.45, 7) is 9.56. The number of carbonyl (C=O) groups excluding carboxylic acids is 2. The smallest absolute Gasteiger partial charge is 0.220 e. The third-order valence-corrected chi connectivity index (χ3v) is 3.40. The second-order valence-corrected chi connectivity index (χ2v) is 5.91. The number of nitrogens with one attached hydrogen (secondary N) is 1. The Kier molecular flexibility index (Phi) is 9.27. The van der Waals surface area contributed by atoms with E-state index in [1.165, 1.54) is 0 Å². The number of rotatable bonds is 9. The fourth-order valence-electron chi connectivity index (χ4n) is 1.68. The quantitative estimate of drug-likeness (QED) is 0.699. The molecule has 112 valence electrons. The Labute approximate surface area is 117 Å². The van der Waals surface area contributed by atoms with Crippen molar-refractivity contribution in [2.24, 2.45) is 11.8 Å². The summed E-state index contributed by atoms with van der Waals surface area (Å²) in [7, 11) is 1.81. The van der Waals surface area contributed by atoms with E-state index >= 15 is 0 Å². The average Bonchev–Trinajstić information content (AvgIpc) is 2.32. The van der Waals surface area contributed by atoms with Crippen molar-refractivity contribution in [3.8, 4) is 0 Å². The Morgan fingerprint density at radius 2 is 1.74 bits per heavy atom. The monoisotopic (exact) mass is 270 g/mol. The van der Waals surface area contributed by atoms with E-state index in [1.54, 1.807) is 11.8 Å². The molecule has 0 aromatic heterocycles. The molecule has 0 spiro atoms. The second kappa shape index (κ2) is 9.82. The first-order valence-corrected chi connectivity index (χ1v) is 7.31. The van der Waals surface area contributed by atoms with Gasteiger partial charge in [-0.25, -0.2) is 0 Å². The summed E-state index contributed by atoms with van der Waals surface area (Å²) in [6, 6.07) is 0. The lowest BCUT2D eigenvalue weighted by Crippen LogP contribution is -2.27. The molecule has 0 rings (SSSR count). The predicted octanol–water partition coefficient (Wildman–Crippen LogP) is 2.43. The van der Waals surface area contributed by atoms with Crippen molar-refractivity contribution in [3.63, 3.8) is 0 Å². The minimum atomic E-state index is 0.0960. The van der Waals surface area contributed by atoms with Gasteiger partial charge in [-0.1, -0.05) is 20.8 Å². The lowest BCUT2D eigenvalue weighted by Gasteiger charge is -2.18. The first-order chi connectivity index (χ1) is 8.82. The maximum Gasteiger partial charge on any atom is 0.220 e. The molecule has 4 heteroatoms. The fraction of sp³-hybridized carbons (Fsp3) is 0.867. The zero-order valence-corrected chi connectivity index (χ0v) is 13.2. The van der Waals surface area contributed by atoms with Crippen LogP contribution in [0.1, 0.15) is 53.4 Å². The molecule has 1 atom stereocenters. The lowest BCUT2D eigenvalue weighted by atomic mass is 10.0. The van der Waals surface area contributed by atoms with Crippen LogP contribution in [0.25, 0.3) is 0 Å². The first-order valence-electron chi connectivity index (χ1n) is 7.31. The van der Waals surface area contributed by atoms with Gasteiger partial charge < -0.3 is 10.2 Å². The van der Waals surface area contributed by atoms with Gasteiger partial charge in [0, 0.05) is 33.5 Å². The highest BCUT2D eigenvalue weighted by molar-refractivity contribution is 5.75. The molecule has 0 aliphatic carbocycles. The van der Waals surface area contributed by atoms with Gasteiger partial charge in [0.15, 0.2) is 0 Å². The SMILES string of the molecule is CC(=O)N(C)CCC(C)CCC(=O)NCCC(C)C. The van der Waals surface area contributed by atoms with Gasteiger partial charge in [0.1, 0.15) is 0 Å². The summed E-state index contributed by atoms with van der Waals surface area (Å²) < 4.78 is 0. The molecule has 0 saturated carbocycles. The minimum absolute atomic E-state index is 0.0960. The fourth-order valence-corrected chi connectivity index (χ4v) is 1.68. The maximum absolute atomic E-state index is 11.6. The van der Waals surface area contributed by atoms with Crippen LogP contribution in [-0.2, 0) is 9.59 Å². The van der Waals surface area contributed by atoms with Crippen LogP contribution in [0, 0.1) is 11.8 Å². The van der Waals surface area contributed by atoms with Crippen molar-refractivity contribution < 1.29 is 9.59 Å². The lowest BCUT2D eigenvalue weighted by molar-refractivity contribution is -0.127. The molecule has 0 aromatic carbocycles. The Bertz CT molecular complexity index is 277. The van der Waals surface area contributed by atoms with E-state index < -0.39 is 0 Å². The predicted molar refractivity (Wildman–Crippen MR) is 78.8 cm³/mol. The van der Waals surface area contributed by atoms with Gasteiger partial charge in [-0.3, -0.25) is 9.59 Å². The van der Waals surface area contributed by atoms with Crippen molar-refractivity contribution >= 4 is 11.8 Å². The van der Waals surface area contributed by atoms with Gasteiger partial charge in [0.25, 0.3) is 0 Å². The third-order valence-electron chi connectivity index (χ3n) is 3.40. The molecule has 0 radical (unpaired) electrons. The van der Waals surface area contributed by atoms with Crippen LogP contribution in [0.3, 0.4) is 0 Å². The van der Waals surface area contributed by atoms with E-state index in [4.69, 9.17) is 0 Å².